The molecule has 66 valence electrons. The molecule has 0 radical (unpaired) electrons. The Morgan fingerprint density at radius 1 is 1.54 bits per heavy atom. The highest BCUT2D eigenvalue weighted by Gasteiger charge is 2.17. The minimum absolute atomic E-state index is 0.0750. The molecular formula is C10H9ClN2. The zero-order valence-electron chi connectivity index (χ0n) is 7.05. The van der Waals surface area contributed by atoms with Gasteiger partial charge in [-0.1, -0.05) is 11.6 Å². The van der Waals surface area contributed by atoms with Gasteiger partial charge < -0.3 is 5.32 Å². The monoisotopic (exact) mass is 192 g/mol. The van der Waals surface area contributed by atoms with Crippen LogP contribution in [0.2, 0.25) is 5.02 Å². The Bertz CT molecular complexity index is 368. The van der Waals surface area contributed by atoms with E-state index in [4.69, 9.17) is 16.9 Å². The van der Waals surface area contributed by atoms with Crippen LogP contribution in [0.1, 0.15) is 5.56 Å². The smallest absolute Gasteiger partial charge is 0.0677 e. The minimum atomic E-state index is 0.0750. The van der Waals surface area contributed by atoms with Crippen LogP contribution in [0, 0.1) is 17.2 Å². The molecule has 0 saturated heterocycles. The molecule has 1 heterocycles. The summed E-state index contributed by atoms with van der Waals surface area (Å²) >= 11 is 5.86. The second-order valence-electron chi connectivity index (χ2n) is 3.21. The van der Waals surface area contributed by atoms with Crippen molar-refractivity contribution in [1.29, 1.82) is 5.26 Å². The average molecular weight is 193 g/mol. The van der Waals surface area contributed by atoms with Crippen LogP contribution in [0.25, 0.3) is 0 Å². The number of hydrogen-bond acceptors (Lipinski definition) is 2. The zero-order valence-corrected chi connectivity index (χ0v) is 7.80. The highest BCUT2D eigenvalue weighted by Crippen LogP contribution is 2.26. The summed E-state index contributed by atoms with van der Waals surface area (Å²) in [5.41, 5.74) is 2.25. The van der Waals surface area contributed by atoms with Crippen LogP contribution in [0.4, 0.5) is 5.69 Å². The van der Waals surface area contributed by atoms with Crippen LogP contribution in [0.3, 0.4) is 0 Å². The molecule has 13 heavy (non-hydrogen) atoms. The number of rotatable bonds is 0. The predicted octanol–water partition coefficient (Wildman–Crippen LogP) is 2.45. The third kappa shape index (κ3) is 1.61. The summed E-state index contributed by atoms with van der Waals surface area (Å²) in [5, 5.41) is 12.7. The molecule has 1 atom stereocenters. The number of nitrogens with one attached hydrogen (secondary N) is 1. The van der Waals surface area contributed by atoms with Crippen molar-refractivity contribution in [2.45, 2.75) is 6.42 Å². The summed E-state index contributed by atoms with van der Waals surface area (Å²) in [6, 6.07) is 8.01. The van der Waals surface area contributed by atoms with Crippen molar-refractivity contribution < 1.29 is 0 Å². The molecule has 0 aliphatic carbocycles. The van der Waals surface area contributed by atoms with Gasteiger partial charge in [0.1, 0.15) is 0 Å². The lowest BCUT2D eigenvalue weighted by molar-refractivity contribution is 0.674. The Labute approximate surface area is 82.1 Å². The highest BCUT2D eigenvalue weighted by molar-refractivity contribution is 6.30. The van der Waals surface area contributed by atoms with Crippen molar-refractivity contribution in [2.24, 2.45) is 5.92 Å². The van der Waals surface area contributed by atoms with Crippen molar-refractivity contribution in [3.05, 3.63) is 28.8 Å². The standard InChI is InChI=1S/C10H9ClN2/c11-9-1-2-10-8(4-9)3-7(5-12)6-13-10/h1-2,4,7,13H,3,6H2. The van der Waals surface area contributed by atoms with Gasteiger partial charge in [-0.05, 0) is 30.2 Å². The van der Waals surface area contributed by atoms with Gasteiger partial charge in [-0.25, -0.2) is 0 Å². The molecule has 0 amide bonds. The number of fused-ring (bicyclic) bond motifs is 1. The largest absolute Gasteiger partial charge is 0.383 e. The van der Waals surface area contributed by atoms with Gasteiger partial charge in [0, 0.05) is 17.3 Å². The lowest BCUT2D eigenvalue weighted by Gasteiger charge is -2.21. The average Bonchev–Trinajstić information content (AvgIpc) is 2.16. The van der Waals surface area contributed by atoms with Crippen molar-refractivity contribution in [2.75, 3.05) is 11.9 Å². The maximum atomic E-state index is 8.76. The maximum Gasteiger partial charge on any atom is 0.0677 e. The first-order chi connectivity index (χ1) is 6.29. The number of nitriles is 1. The van der Waals surface area contributed by atoms with Crippen LogP contribution in [0.5, 0.6) is 0 Å². The molecule has 1 unspecified atom stereocenters. The van der Waals surface area contributed by atoms with E-state index < -0.39 is 0 Å². The molecule has 2 rings (SSSR count). The lowest BCUT2D eigenvalue weighted by atomic mass is 9.95. The third-order valence-corrected chi connectivity index (χ3v) is 2.49. The third-order valence-electron chi connectivity index (χ3n) is 2.26. The fourth-order valence-electron chi connectivity index (χ4n) is 1.57. The lowest BCUT2D eigenvalue weighted by Crippen LogP contribution is -2.21. The van der Waals surface area contributed by atoms with Crippen molar-refractivity contribution in [1.82, 2.24) is 0 Å². The molecule has 1 aromatic rings. The zero-order chi connectivity index (χ0) is 9.26. The van der Waals surface area contributed by atoms with E-state index in [0.29, 0.717) is 0 Å². The Hall–Kier alpha value is -1.20. The first-order valence-electron chi connectivity index (χ1n) is 4.21. The number of halogens is 1. The molecule has 1 N–H and O–H groups in total. The van der Waals surface area contributed by atoms with Crippen molar-refractivity contribution in [3.63, 3.8) is 0 Å². The molecule has 0 aromatic heterocycles. The van der Waals surface area contributed by atoms with E-state index in [-0.39, 0.29) is 5.92 Å². The van der Waals surface area contributed by atoms with Gasteiger partial charge >= 0.3 is 0 Å². The van der Waals surface area contributed by atoms with E-state index in [1.54, 1.807) is 0 Å². The molecule has 1 aliphatic heterocycles. The van der Waals surface area contributed by atoms with E-state index in [9.17, 15) is 0 Å². The van der Waals surface area contributed by atoms with Gasteiger partial charge in [-0.3, -0.25) is 0 Å². The van der Waals surface area contributed by atoms with Crippen LogP contribution in [0.15, 0.2) is 18.2 Å². The molecule has 0 saturated carbocycles. The number of nitrogens with zero attached hydrogens (tertiary/aromatic N) is 1. The molecule has 1 aliphatic rings. The Kier molecular flexibility index (Phi) is 2.12. The van der Waals surface area contributed by atoms with E-state index in [1.165, 1.54) is 0 Å². The van der Waals surface area contributed by atoms with E-state index in [1.807, 2.05) is 18.2 Å². The molecule has 1 aromatic carbocycles. The predicted molar refractivity (Wildman–Crippen MR) is 52.7 cm³/mol. The van der Waals surface area contributed by atoms with Crippen LogP contribution in [-0.2, 0) is 6.42 Å². The number of hydrogen-bond donors (Lipinski definition) is 1. The summed E-state index contributed by atoms with van der Waals surface area (Å²) in [5.74, 6) is 0.0750. The first kappa shape index (κ1) is 8.40. The Balaban J connectivity index is 2.34. The molecule has 0 fully saturated rings. The molecule has 2 nitrogen and oxygen atoms in total. The SMILES string of the molecule is N#CC1CNc2ccc(Cl)cc2C1. The normalized spacial score (nSPS) is 19.8. The topological polar surface area (TPSA) is 35.8 Å². The van der Waals surface area contributed by atoms with Crippen LogP contribution < -0.4 is 5.32 Å². The molecule has 3 heteroatoms. The summed E-state index contributed by atoms with van der Waals surface area (Å²) in [6.45, 7) is 0.741. The van der Waals surface area contributed by atoms with Gasteiger partial charge in [0.05, 0.1) is 12.0 Å². The van der Waals surface area contributed by atoms with Gasteiger partial charge in [0.2, 0.25) is 0 Å². The maximum absolute atomic E-state index is 8.76. The summed E-state index contributed by atoms with van der Waals surface area (Å²) in [6.07, 6.45) is 0.805. The van der Waals surface area contributed by atoms with Gasteiger partial charge in [0.25, 0.3) is 0 Å². The summed E-state index contributed by atoms with van der Waals surface area (Å²) < 4.78 is 0. The van der Waals surface area contributed by atoms with Crippen LogP contribution in [-0.4, -0.2) is 6.54 Å². The van der Waals surface area contributed by atoms with Gasteiger partial charge in [0.15, 0.2) is 0 Å². The Morgan fingerprint density at radius 2 is 2.38 bits per heavy atom. The quantitative estimate of drug-likeness (QED) is 0.686. The van der Waals surface area contributed by atoms with E-state index in [2.05, 4.69) is 11.4 Å². The Morgan fingerprint density at radius 3 is 3.15 bits per heavy atom. The minimum Gasteiger partial charge on any atom is -0.383 e. The van der Waals surface area contributed by atoms with Crippen LogP contribution >= 0.6 is 11.6 Å². The van der Waals surface area contributed by atoms with Gasteiger partial charge in [-0.15, -0.1) is 0 Å². The highest BCUT2D eigenvalue weighted by atomic mass is 35.5. The first-order valence-corrected chi connectivity index (χ1v) is 4.59. The fraction of sp³-hybridized carbons (Fsp3) is 0.300. The van der Waals surface area contributed by atoms with E-state index in [0.717, 1.165) is 29.2 Å². The summed E-state index contributed by atoms with van der Waals surface area (Å²) in [4.78, 5) is 0. The van der Waals surface area contributed by atoms with E-state index >= 15 is 0 Å². The summed E-state index contributed by atoms with van der Waals surface area (Å²) in [7, 11) is 0. The number of anilines is 1. The van der Waals surface area contributed by atoms with Crippen molar-refractivity contribution in [3.8, 4) is 6.07 Å². The number of benzene rings is 1. The second-order valence-corrected chi connectivity index (χ2v) is 3.65. The van der Waals surface area contributed by atoms with Gasteiger partial charge in [-0.2, -0.15) is 5.26 Å². The molecule has 0 bridgehead atoms. The second kappa shape index (κ2) is 3.27. The fourth-order valence-corrected chi connectivity index (χ4v) is 1.76. The molecular weight excluding hydrogens is 184 g/mol. The van der Waals surface area contributed by atoms with Crippen molar-refractivity contribution >= 4 is 17.3 Å². The molecule has 0 spiro atoms.